The average Bonchev–Trinajstić information content (AvgIpc) is 2.58. The third-order valence-electron chi connectivity index (χ3n) is 3.28. The maximum absolute atomic E-state index is 12.1. The van der Waals surface area contributed by atoms with E-state index in [9.17, 15) is 18.0 Å². The van der Waals surface area contributed by atoms with Crippen LogP contribution in [-0.4, -0.2) is 39.4 Å². The van der Waals surface area contributed by atoms with Crippen LogP contribution in [0.5, 0.6) is 0 Å². The standard InChI is InChI=1S/C18H19NO5S2/c1-25-16-8-4-7-15(10-16)19-17(20)11-24-18(21)14-6-3-5-13(9-14)12-26(2,22)23/h3-10H,11-12H2,1-2H3,(H,19,20). The van der Waals surface area contributed by atoms with Gasteiger partial charge in [-0.15, -0.1) is 11.8 Å². The van der Waals surface area contributed by atoms with Crippen molar-refractivity contribution in [2.24, 2.45) is 0 Å². The number of carbonyl (C=O) groups is 2. The van der Waals surface area contributed by atoms with Crippen molar-refractivity contribution in [1.82, 2.24) is 0 Å². The minimum Gasteiger partial charge on any atom is -0.452 e. The van der Waals surface area contributed by atoms with Crippen molar-refractivity contribution in [3.8, 4) is 0 Å². The number of esters is 1. The molecule has 0 atom stereocenters. The van der Waals surface area contributed by atoms with Gasteiger partial charge >= 0.3 is 5.97 Å². The van der Waals surface area contributed by atoms with E-state index in [4.69, 9.17) is 4.74 Å². The van der Waals surface area contributed by atoms with E-state index in [0.717, 1.165) is 11.2 Å². The molecule has 1 N–H and O–H groups in total. The molecule has 2 aromatic rings. The number of amides is 1. The minimum absolute atomic E-state index is 0.166. The van der Waals surface area contributed by atoms with Crippen LogP contribution in [0.2, 0.25) is 0 Å². The van der Waals surface area contributed by atoms with Crippen LogP contribution in [0, 0.1) is 0 Å². The number of rotatable bonds is 7. The number of nitrogens with one attached hydrogen (secondary N) is 1. The summed E-state index contributed by atoms with van der Waals surface area (Å²) in [7, 11) is -3.20. The average molecular weight is 393 g/mol. The summed E-state index contributed by atoms with van der Waals surface area (Å²) < 4.78 is 27.7. The zero-order chi connectivity index (χ0) is 19.2. The van der Waals surface area contributed by atoms with Crippen LogP contribution >= 0.6 is 11.8 Å². The van der Waals surface area contributed by atoms with Gasteiger partial charge in [-0.25, -0.2) is 13.2 Å². The van der Waals surface area contributed by atoms with Gasteiger partial charge in [-0.05, 0) is 42.2 Å². The number of benzene rings is 2. The predicted octanol–water partition coefficient (Wildman–Crippen LogP) is 2.75. The quantitative estimate of drug-likeness (QED) is 0.575. The molecule has 6 nitrogen and oxygen atoms in total. The van der Waals surface area contributed by atoms with Gasteiger partial charge in [0.25, 0.3) is 5.91 Å². The van der Waals surface area contributed by atoms with Crippen LogP contribution in [0.15, 0.2) is 53.4 Å². The summed E-state index contributed by atoms with van der Waals surface area (Å²) >= 11 is 1.55. The van der Waals surface area contributed by atoms with Gasteiger partial charge in [0.1, 0.15) is 0 Å². The molecule has 0 aliphatic rings. The minimum atomic E-state index is -3.20. The molecule has 0 heterocycles. The Morgan fingerprint density at radius 1 is 1.12 bits per heavy atom. The Balaban J connectivity index is 1.93. The van der Waals surface area contributed by atoms with Crippen molar-refractivity contribution >= 4 is 39.2 Å². The molecule has 0 bridgehead atoms. The van der Waals surface area contributed by atoms with E-state index in [1.807, 2.05) is 24.5 Å². The lowest BCUT2D eigenvalue weighted by Crippen LogP contribution is -2.21. The van der Waals surface area contributed by atoms with Gasteiger partial charge in [-0.3, -0.25) is 4.79 Å². The maximum atomic E-state index is 12.1. The van der Waals surface area contributed by atoms with E-state index in [1.165, 1.54) is 12.1 Å². The molecule has 2 aromatic carbocycles. The number of ether oxygens (including phenoxy) is 1. The molecular formula is C18H19NO5S2. The summed E-state index contributed by atoms with van der Waals surface area (Å²) in [4.78, 5) is 25.0. The van der Waals surface area contributed by atoms with Gasteiger partial charge in [-0.2, -0.15) is 0 Å². The molecule has 0 saturated heterocycles. The van der Waals surface area contributed by atoms with Crippen LogP contribution in [0.25, 0.3) is 0 Å². The molecule has 0 aliphatic carbocycles. The summed E-state index contributed by atoms with van der Waals surface area (Å²) in [5, 5.41) is 2.66. The molecule has 0 aliphatic heterocycles. The molecule has 0 spiro atoms. The Morgan fingerprint density at radius 3 is 2.54 bits per heavy atom. The van der Waals surface area contributed by atoms with Crippen molar-refractivity contribution in [2.75, 3.05) is 24.4 Å². The second kappa shape index (κ2) is 8.86. The zero-order valence-corrected chi connectivity index (χ0v) is 16.0. The summed E-state index contributed by atoms with van der Waals surface area (Å²) in [6.07, 6.45) is 3.05. The molecule has 0 fully saturated rings. The molecule has 0 aromatic heterocycles. The highest BCUT2D eigenvalue weighted by Gasteiger charge is 2.12. The molecule has 0 radical (unpaired) electrons. The molecule has 138 valence electrons. The number of carbonyl (C=O) groups excluding carboxylic acids is 2. The molecule has 0 unspecified atom stereocenters. The van der Waals surface area contributed by atoms with Crippen LogP contribution in [-0.2, 0) is 25.1 Å². The Bertz CT molecular complexity index is 909. The summed E-state index contributed by atoms with van der Waals surface area (Å²) in [5.74, 6) is -1.31. The fourth-order valence-electron chi connectivity index (χ4n) is 2.20. The van der Waals surface area contributed by atoms with E-state index in [1.54, 1.807) is 30.0 Å². The first kappa shape index (κ1) is 20.0. The smallest absolute Gasteiger partial charge is 0.338 e. The first-order valence-electron chi connectivity index (χ1n) is 7.64. The summed E-state index contributed by atoms with van der Waals surface area (Å²) in [6, 6.07) is 13.4. The third kappa shape index (κ3) is 6.53. The number of hydrogen-bond donors (Lipinski definition) is 1. The van der Waals surface area contributed by atoms with E-state index < -0.39 is 28.3 Å². The van der Waals surface area contributed by atoms with Crippen molar-refractivity contribution in [3.05, 3.63) is 59.7 Å². The van der Waals surface area contributed by atoms with Crippen LogP contribution in [0.4, 0.5) is 5.69 Å². The lowest BCUT2D eigenvalue weighted by Gasteiger charge is -2.08. The molecular weight excluding hydrogens is 374 g/mol. The van der Waals surface area contributed by atoms with E-state index in [-0.39, 0.29) is 11.3 Å². The maximum Gasteiger partial charge on any atom is 0.338 e. The Kier molecular flexibility index (Phi) is 6.82. The van der Waals surface area contributed by atoms with Crippen molar-refractivity contribution < 1.29 is 22.7 Å². The topological polar surface area (TPSA) is 89.5 Å². The normalized spacial score (nSPS) is 11.0. The van der Waals surface area contributed by atoms with E-state index in [2.05, 4.69) is 5.32 Å². The monoisotopic (exact) mass is 393 g/mol. The highest BCUT2D eigenvalue weighted by molar-refractivity contribution is 7.98. The van der Waals surface area contributed by atoms with Crippen molar-refractivity contribution in [2.45, 2.75) is 10.6 Å². The highest BCUT2D eigenvalue weighted by atomic mass is 32.2. The van der Waals surface area contributed by atoms with Crippen molar-refractivity contribution in [3.63, 3.8) is 0 Å². The Hall–Kier alpha value is -2.32. The SMILES string of the molecule is CSc1cccc(NC(=O)COC(=O)c2cccc(CS(C)(=O)=O)c2)c1. The predicted molar refractivity (Wildman–Crippen MR) is 102 cm³/mol. The van der Waals surface area contributed by atoms with Gasteiger partial charge in [0.2, 0.25) is 0 Å². The van der Waals surface area contributed by atoms with E-state index >= 15 is 0 Å². The van der Waals surface area contributed by atoms with Gasteiger partial charge < -0.3 is 10.1 Å². The van der Waals surface area contributed by atoms with Crippen LogP contribution < -0.4 is 5.32 Å². The fourth-order valence-corrected chi connectivity index (χ4v) is 3.45. The van der Waals surface area contributed by atoms with E-state index in [0.29, 0.717) is 11.3 Å². The number of hydrogen-bond acceptors (Lipinski definition) is 6. The van der Waals surface area contributed by atoms with Gasteiger partial charge in [0, 0.05) is 16.8 Å². The molecule has 8 heteroatoms. The highest BCUT2D eigenvalue weighted by Crippen LogP contribution is 2.18. The van der Waals surface area contributed by atoms with Gasteiger partial charge in [0.05, 0.1) is 11.3 Å². The number of sulfone groups is 1. The molecule has 26 heavy (non-hydrogen) atoms. The first-order valence-corrected chi connectivity index (χ1v) is 10.9. The van der Waals surface area contributed by atoms with Gasteiger partial charge in [-0.1, -0.05) is 18.2 Å². The molecule has 0 saturated carbocycles. The second-order valence-corrected chi connectivity index (χ2v) is 8.65. The molecule has 1 amide bonds. The van der Waals surface area contributed by atoms with Crippen molar-refractivity contribution in [1.29, 1.82) is 0 Å². The molecule has 2 rings (SSSR count). The fraction of sp³-hybridized carbons (Fsp3) is 0.222. The lowest BCUT2D eigenvalue weighted by molar-refractivity contribution is -0.119. The largest absolute Gasteiger partial charge is 0.452 e. The summed E-state index contributed by atoms with van der Waals surface area (Å²) in [6.45, 7) is -0.432. The van der Waals surface area contributed by atoms with Crippen LogP contribution in [0.1, 0.15) is 15.9 Å². The number of thioether (sulfide) groups is 1. The third-order valence-corrected chi connectivity index (χ3v) is 4.86. The lowest BCUT2D eigenvalue weighted by atomic mass is 10.1. The Morgan fingerprint density at radius 2 is 1.85 bits per heavy atom. The first-order chi connectivity index (χ1) is 12.3. The van der Waals surface area contributed by atoms with Crippen LogP contribution in [0.3, 0.4) is 0 Å². The second-order valence-electron chi connectivity index (χ2n) is 5.63. The summed E-state index contributed by atoms with van der Waals surface area (Å²) in [5.41, 5.74) is 1.30. The Labute approximate surface area is 156 Å². The van der Waals surface area contributed by atoms with Gasteiger partial charge in [0.15, 0.2) is 16.4 Å². The zero-order valence-electron chi connectivity index (χ0n) is 14.4. The number of anilines is 1.